The molecule has 0 aliphatic rings. The lowest BCUT2D eigenvalue weighted by atomic mass is 10.1. The van der Waals surface area contributed by atoms with E-state index in [9.17, 15) is 4.79 Å². The van der Waals surface area contributed by atoms with Gasteiger partial charge in [0, 0.05) is 11.5 Å². The second-order valence-corrected chi connectivity index (χ2v) is 2.74. The van der Waals surface area contributed by atoms with Gasteiger partial charge < -0.3 is 9.84 Å². The number of carbonyl (C=O) groups excluding carboxylic acids is 1. The lowest BCUT2D eigenvalue weighted by Crippen LogP contribution is -1.94. The van der Waals surface area contributed by atoms with Crippen LogP contribution in [0, 0.1) is 18.8 Å². The summed E-state index contributed by atoms with van der Waals surface area (Å²) in [7, 11) is 1.28. The van der Waals surface area contributed by atoms with Gasteiger partial charge >= 0.3 is 5.97 Å². The fourth-order valence-corrected chi connectivity index (χ4v) is 0.957. The van der Waals surface area contributed by atoms with Crippen LogP contribution >= 0.6 is 0 Å². The topological polar surface area (TPSA) is 46.5 Å². The van der Waals surface area contributed by atoms with Gasteiger partial charge in [-0.25, -0.2) is 4.79 Å². The summed E-state index contributed by atoms with van der Waals surface area (Å²) in [6, 6.07) is 4.76. The van der Waals surface area contributed by atoms with Gasteiger partial charge in [0.15, 0.2) is 0 Å². The molecule has 0 radical (unpaired) electrons. The van der Waals surface area contributed by atoms with E-state index < -0.39 is 5.97 Å². The molecular weight excluding hydrogens is 180 g/mol. The van der Waals surface area contributed by atoms with Crippen LogP contribution in [0.5, 0.6) is 5.75 Å². The third-order valence-corrected chi connectivity index (χ3v) is 1.69. The zero-order valence-electron chi connectivity index (χ0n) is 8.00. The second-order valence-electron chi connectivity index (χ2n) is 2.74. The molecular formula is C11H10O3. The van der Waals surface area contributed by atoms with Gasteiger partial charge in [0.05, 0.1) is 7.11 Å². The van der Waals surface area contributed by atoms with E-state index in [1.54, 1.807) is 19.1 Å². The minimum atomic E-state index is -0.572. The quantitative estimate of drug-likeness (QED) is 0.494. The van der Waals surface area contributed by atoms with Crippen LogP contribution in [-0.2, 0) is 9.53 Å². The van der Waals surface area contributed by atoms with Crippen molar-refractivity contribution in [2.45, 2.75) is 6.92 Å². The Morgan fingerprint density at radius 1 is 1.50 bits per heavy atom. The number of hydrogen-bond acceptors (Lipinski definition) is 3. The smallest absolute Gasteiger partial charge is 0.384 e. The maximum atomic E-state index is 10.7. The highest BCUT2D eigenvalue weighted by Crippen LogP contribution is 2.14. The SMILES string of the molecule is COC(=O)C#Cc1ccc(O)cc1C. The van der Waals surface area contributed by atoms with Crippen LogP contribution in [0.25, 0.3) is 0 Å². The molecule has 0 heterocycles. The van der Waals surface area contributed by atoms with E-state index in [-0.39, 0.29) is 5.75 Å². The van der Waals surface area contributed by atoms with E-state index in [2.05, 4.69) is 16.6 Å². The molecule has 0 amide bonds. The molecule has 3 nitrogen and oxygen atoms in total. The molecule has 14 heavy (non-hydrogen) atoms. The Labute approximate surface area is 82.3 Å². The van der Waals surface area contributed by atoms with Crippen molar-refractivity contribution < 1.29 is 14.6 Å². The minimum Gasteiger partial charge on any atom is -0.508 e. The van der Waals surface area contributed by atoms with Crippen LogP contribution < -0.4 is 0 Å². The van der Waals surface area contributed by atoms with E-state index in [1.165, 1.54) is 13.2 Å². The first-order valence-electron chi connectivity index (χ1n) is 4.03. The van der Waals surface area contributed by atoms with E-state index in [0.29, 0.717) is 5.56 Å². The molecule has 0 fully saturated rings. The zero-order chi connectivity index (χ0) is 10.6. The van der Waals surface area contributed by atoms with Gasteiger partial charge in [-0.3, -0.25) is 0 Å². The van der Waals surface area contributed by atoms with Crippen molar-refractivity contribution in [2.75, 3.05) is 7.11 Å². The monoisotopic (exact) mass is 190 g/mol. The van der Waals surface area contributed by atoms with Crippen LogP contribution in [0.3, 0.4) is 0 Å². The number of aromatic hydroxyl groups is 1. The van der Waals surface area contributed by atoms with Gasteiger partial charge in [-0.1, -0.05) is 5.92 Å². The summed E-state index contributed by atoms with van der Waals surface area (Å²) in [5, 5.41) is 9.12. The first kappa shape index (κ1) is 10.1. The number of aryl methyl sites for hydroxylation is 1. The fourth-order valence-electron chi connectivity index (χ4n) is 0.957. The molecule has 0 atom stereocenters. The Kier molecular flexibility index (Phi) is 3.14. The number of carbonyl (C=O) groups is 1. The summed E-state index contributed by atoms with van der Waals surface area (Å²) < 4.78 is 4.37. The summed E-state index contributed by atoms with van der Waals surface area (Å²) in [6.45, 7) is 1.81. The van der Waals surface area contributed by atoms with Crippen LogP contribution in [0.4, 0.5) is 0 Å². The summed E-state index contributed by atoms with van der Waals surface area (Å²) in [5.74, 6) is 4.59. The molecule has 0 aromatic heterocycles. The molecule has 0 aliphatic heterocycles. The minimum absolute atomic E-state index is 0.186. The highest BCUT2D eigenvalue weighted by molar-refractivity contribution is 5.89. The highest BCUT2D eigenvalue weighted by atomic mass is 16.5. The summed E-state index contributed by atoms with van der Waals surface area (Å²) in [6.07, 6.45) is 0. The van der Waals surface area contributed by atoms with Gasteiger partial charge in [0.1, 0.15) is 5.75 Å². The maximum absolute atomic E-state index is 10.7. The van der Waals surface area contributed by atoms with Crippen LogP contribution in [0.2, 0.25) is 0 Å². The molecule has 0 aliphatic carbocycles. The van der Waals surface area contributed by atoms with Crippen molar-refractivity contribution in [2.24, 2.45) is 0 Å². The lowest BCUT2D eigenvalue weighted by Gasteiger charge is -1.97. The number of benzene rings is 1. The molecule has 72 valence electrons. The maximum Gasteiger partial charge on any atom is 0.384 e. The van der Waals surface area contributed by atoms with Crippen molar-refractivity contribution in [1.29, 1.82) is 0 Å². The number of ether oxygens (including phenoxy) is 1. The zero-order valence-corrected chi connectivity index (χ0v) is 8.00. The van der Waals surface area contributed by atoms with Gasteiger partial charge in [0.2, 0.25) is 0 Å². The largest absolute Gasteiger partial charge is 0.508 e. The van der Waals surface area contributed by atoms with E-state index in [1.807, 2.05) is 0 Å². The number of phenolic OH excluding ortho intramolecular Hbond substituents is 1. The predicted molar refractivity (Wildman–Crippen MR) is 51.7 cm³/mol. The molecule has 0 spiro atoms. The molecule has 0 unspecified atom stereocenters. The normalized spacial score (nSPS) is 8.71. The van der Waals surface area contributed by atoms with Crippen molar-refractivity contribution in [3.8, 4) is 17.6 Å². The molecule has 1 aromatic carbocycles. The Morgan fingerprint density at radius 3 is 2.79 bits per heavy atom. The number of phenols is 1. The van der Waals surface area contributed by atoms with E-state index in [4.69, 9.17) is 5.11 Å². The van der Waals surface area contributed by atoms with Gasteiger partial charge in [-0.15, -0.1) is 0 Å². The molecule has 0 bridgehead atoms. The molecule has 3 heteroatoms. The lowest BCUT2D eigenvalue weighted by molar-refractivity contribution is -0.133. The van der Waals surface area contributed by atoms with Crippen molar-refractivity contribution in [1.82, 2.24) is 0 Å². The fraction of sp³-hybridized carbons (Fsp3) is 0.182. The predicted octanol–water partition coefficient (Wildman–Crippen LogP) is 1.23. The first-order valence-corrected chi connectivity index (χ1v) is 4.03. The Balaban J connectivity index is 2.96. The van der Waals surface area contributed by atoms with Gasteiger partial charge in [-0.2, -0.15) is 0 Å². The second kappa shape index (κ2) is 4.33. The van der Waals surface area contributed by atoms with Gasteiger partial charge in [-0.05, 0) is 30.7 Å². The standard InChI is InChI=1S/C11H10O3/c1-8-7-10(12)5-3-9(8)4-6-11(13)14-2/h3,5,7,12H,1-2H3. The Bertz CT molecular complexity index is 410. The molecule has 1 rings (SSSR count). The van der Waals surface area contributed by atoms with E-state index >= 15 is 0 Å². The summed E-state index contributed by atoms with van der Waals surface area (Å²) >= 11 is 0. The average molecular weight is 190 g/mol. The third-order valence-electron chi connectivity index (χ3n) is 1.69. The van der Waals surface area contributed by atoms with Crippen molar-refractivity contribution >= 4 is 5.97 Å². The number of methoxy groups -OCH3 is 1. The molecule has 0 saturated carbocycles. The number of rotatable bonds is 0. The average Bonchev–Trinajstić information content (AvgIpc) is 2.16. The van der Waals surface area contributed by atoms with Crippen LogP contribution in [-0.4, -0.2) is 18.2 Å². The summed E-state index contributed by atoms with van der Waals surface area (Å²) in [4.78, 5) is 10.7. The molecule has 1 N–H and O–H groups in total. The molecule has 1 aromatic rings. The van der Waals surface area contributed by atoms with Crippen molar-refractivity contribution in [3.63, 3.8) is 0 Å². The Morgan fingerprint density at radius 2 is 2.21 bits per heavy atom. The van der Waals surface area contributed by atoms with Crippen LogP contribution in [0.15, 0.2) is 18.2 Å². The Hall–Kier alpha value is -1.95. The van der Waals surface area contributed by atoms with Crippen molar-refractivity contribution in [3.05, 3.63) is 29.3 Å². The number of hydrogen-bond donors (Lipinski definition) is 1. The van der Waals surface area contributed by atoms with Crippen LogP contribution in [0.1, 0.15) is 11.1 Å². The first-order chi connectivity index (χ1) is 6.63. The van der Waals surface area contributed by atoms with E-state index in [0.717, 1.165) is 5.56 Å². The summed E-state index contributed by atoms with van der Waals surface area (Å²) in [5.41, 5.74) is 1.52. The molecule has 0 saturated heterocycles. The number of esters is 1. The van der Waals surface area contributed by atoms with Gasteiger partial charge in [0.25, 0.3) is 0 Å². The highest BCUT2D eigenvalue weighted by Gasteiger charge is 1.96. The third kappa shape index (κ3) is 2.53.